The summed E-state index contributed by atoms with van der Waals surface area (Å²) in [6.45, 7) is 10.9. The van der Waals surface area contributed by atoms with Crippen LogP contribution in [0.2, 0.25) is 6.04 Å². The fraction of sp³-hybridized carbons (Fsp3) is 0.778. The van der Waals surface area contributed by atoms with Crippen LogP contribution in [0.25, 0.3) is 0 Å². The Bertz CT molecular complexity index is 623. The minimum absolute atomic E-state index is 0.0312. The molecule has 0 aliphatic carbocycles. The van der Waals surface area contributed by atoms with E-state index >= 15 is 0 Å². The normalized spacial score (nSPS) is 11.7. The first-order valence-electron chi connectivity index (χ1n) is 10.0. The van der Waals surface area contributed by atoms with Gasteiger partial charge in [-0.2, -0.15) is 8.42 Å². The van der Waals surface area contributed by atoms with E-state index in [1.165, 1.54) is 0 Å². The topological polar surface area (TPSA) is 126 Å². The molecule has 0 aromatic heterocycles. The van der Waals surface area contributed by atoms with Crippen molar-refractivity contribution in [2.24, 2.45) is 0 Å². The number of hydrogen-bond acceptors (Lipinski definition) is 9. The molecule has 0 fully saturated rings. The highest BCUT2D eigenvalue weighted by molar-refractivity contribution is 7.86. The van der Waals surface area contributed by atoms with Gasteiger partial charge in [0.25, 0.3) is 0 Å². The van der Waals surface area contributed by atoms with E-state index in [0.717, 1.165) is 6.26 Å². The molecular weight excluding hydrogens is 434 g/mol. The number of unbranched alkanes of at least 4 members (excludes halogenated alkanes) is 1. The molecule has 0 bridgehead atoms. The van der Waals surface area contributed by atoms with Crippen LogP contribution in [0.3, 0.4) is 0 Å². The van der Waals surface area contributed by atoms with Crippen LogP contribution >= 0.6 is 0 Å². The van der Waals surface area contributed by atoms with Crippen LogP contribution in [-0.4, -0.2) is 68.3 Å². The summed E-state index contributed by atoms with van der Waals surface area (Å²) >= 11 is 0. The molecular formula is C18H35NO9SSi. The van der Waals surface area contributed by atoms with Crippen LogP contribution in [0.4, 0.5) is 0 Å². The first-order chi connectivity index (χ1) is 14.1. The Labute approximate surface area is 180 Å². The highest BCUT2D eigenvalue weighted by Crippen LogP contribution is 2.17. The molecule has 30 heavy (non-hydrogen) atoms. The van der Waals surface area contributed by atoms with Crippen molar-refractivity contribution < 1.29 is 40.2 Å². The van der Waals surface area contributed by atoms with Crippen LogP contribution < -0.4 is 5.32 Å². The van der Waals surface area contributed by atoms with Crippen molar-refractivity contribution >= 4 is 30.8 Å². The third kappa shape index (κ3) is 13.7. The maximum Gasteiger partial charge on any atom is 0.500 e. The van der Waals surface area contributed by atoms with Crippen LogP contribution in [0.15, 0.2) is 12.3 Å². The summed E-state index contributed by atoms with van der Waals surface area (Å²) in [7, 11) is -6.51. The Morgan fingerprint density at radius 1 is 0.967 bits per heavy atom. The zero-order valence-corrected chi connectivity index (χ0v) is 20.2. The number of hydrogen-bond donors (Lipinski definition) is 1. The molecule has 0 spiro atoms. The van der Waals surface area contributed by atoms with E-state index in [2.05, 4.69) is 16.1 Å². The molecule has 0 radical (unpaired) electrons. The number of rotatable bonds is 18. The van der Waals surface area contributed by atoms with E-state index in [4.69, 9.17) is 18.0 Å². The largest absolute Gasteiger partial charge is 0.500 e. The van der Waals surface area contributed by atoms with Crippen molar-refractivity contribution in [2.75, 3.05) is 39.2 Å². The van der Waals surface area contributed by atoms with Gasteiger partial charge in [-0.25, -0.2) is 4.79 Å². The van der Waals surface area contributed by atoms with Crippen molar-refractivity contribution in [2.45, 2.75) is 52.5 Å². The lowest BCUT2D eigenvalue weighted by molar-refractivity contribution is -0.141. The third-order valence-corrected chi connectivity index (χ3v) is 7.24. The van der Waals surface area contributed by atoms with E-state index in [1.54, 1.807) is 0 Å². The zero-order chi connectivity index (χ0) is 23.0. The van der Waals surface area contributed by atoms with E-state index in [0.29, 0.717) is 51.7 Å². The highest BCUT2D eigenvalue weighted by Gasteiger charge is 2.39. The molecule has 0 heterocycles. The lowest BCUT2D eigenvalue weighted by Gasteiger charge is -2.28. The predicted molar refractivity (Wildman–Crippen MR) is 113 cm³/mol. The number of carbonyl (C=O) groups excluding carboxylic acids is 2. The molecule has 0 unspecified atom stereocenters. The fourth-order valence-electron chi connectivity index (χ4n) is 2.47. The molecule has 10 nitrogen and oxygen atoms in total. The monoisotopic (exact) mass is 469 g/mol. The van der Waals surface area contributed by atoms with Gasteiger partial charge in [-0.05, 0) is 46.6 Å². The molecule has 0 aliphatic heterocycles. The van der Waals surface area contributed by atoms with Gasteiger partial charge in [0.2, 0.25) is 11.7 Å². The Kier molecular flexibility index (Phi) is 14.6. The molecule has 0 rings (SSSR count). The summed E-state index contributed by atoms with van der Waals surface area (Å²) in [5, 5.41) is 2.83. The Morgan fingerprint density at radius 2 is 1.53 bits per heavy atom. The average molecular weight is 470 g/mol. The molecule has 0 saturated carbocycles. The van der Waals surface area contributed by atoms with Gasteiger partial charge in [-0.3, -0.25) is 4.79 Å². The minimum Gasteiger partial charge on any atom is -0.460 e. The second kappa shape index (κ2) is 15.3. The predicted octanol–water partition coefficient (Wildman–Crippen LogP) is 1.74. The quantitative estimate of drug-likeness (QED) is 0.0797. The first-order valence-corrected chi connectivity index (χ1v) is 13.8. The maximum atomic E-state index is 11.9. The van der Waals surface area contributed by atoms with Gasteiger partial charge < -0.3 is 27.5 Å². The van der Waals surface area contributed by atoms with Crippen molar-refractivity contribution in [1.82, 2.24) is 5.32 Å². The summed E-state index contributed by atoms with van der Waals surface area (Å²) in [6.07, 6.45) is 2.71. The van der Waals surface area contributed by atoms with Gasteiger partial charge >= 0.3 is 24.9 Å². The van der Waals surface area contributed by atoms with Crippen LogP contribution in [-0.2, 0) is 41.9 Å². The van der Waals surface area contributed by atoms with Gasteiger partial charge in [-0.1, -0.05) is 0 Å². The lowest BCUT2D eigenvalue weighted by atomic mass is 10.2. The number of esters is 1. The van der Waals surface area contributed by atoms with Crippen LogP contribution in [0.5, 0.6) is 0 Å². The van der Waals surface area contributed by atoms with Gasteiger partial charge in [-0.15, -0.1) is 0 Å². The summed E-state index contributed by atoms with van der Waals surface area (Å²) in [5.74, 6) is -1.65. The second-order valence-electron chi connectivity index (χ2n) is 6.24. The van der Waals surface area contributed by atoms with Crippen LogP contribution in [0, 0.1) is 0 Å². The molecule has 1 amide bonds. The number of carbonyl (C=O) groups is 2. The smallest absolute Gasteiger partial charge is 0.460 e. The Hall–Kier alpha value is -1.47. The number of ether oxygens (including phenoxy) is 1. The standard InChI is InChI=1S/C18H35NO9SSi/c1-6-25-30(26-7-2,27-8-3)15-11-13-19-17(20)12-9-10-14-24-18(21)16(4)28-29(5,22)23/h4,6-15H2,1-3,5H3,(H,19,20). The number of nitrogens with one attached hydrogen (secondary N) is 1. The van der Waals surface area contributed by atoms with E-state index in [-0.39, 0.29) is 18.9 Å². The zero-order valence-electron chi connectivity index (χ0n) is 18.4. The lowest BCUT2D eigenvalue weighted by Crippen LogP contribution is -2.46. The molecule has 0 aromatic carbocycles. The van der Waals surface area contributed by atoms with E-state index < -0.39 is 30.7 Å². The van der Waals surface area contributed by atoms with Crippen molar-refractivity contribution in [3.05, 3.63) is 12.3 Å². The molecule has 1 N–H and O–H groups in total. The summed E-state index contributed by atoms with van der Waals surface area (Å²) in [5.41, 5.74) is 0. The molecule has 0 aromatic rings. The first kappa shape index (κ1) is 28.5. The second-order valence-corrected chi connectivity index (χ2v) is 10.5. The molecule has 176 valence electrons. The molecule has 0 atom stereocenters. The SMILES string of the molecule is C=C(OS(C)(=O)=O)C(=O)OCCCCC(=O)NCCC[Si](OCC)(OCC)OCC. The summed E-state index contributed by atoms with van der Waals surface area (Å²) in [6, 6.07) is 0.623. The number of amides is 1. The van der Waals surface area contributed by atoms with Gasteiger partial charge in [0.1, 0.15) is 0 Å². The third-order valence-electron chi connectivity index (χ3n) is 3.59. The fourth-order valence-corrected chi connectivity index (χ4v) is 5.52. The molecule has 0 saturated heterocycles. The van der Waals surface area contributed by atoms with Gasteiger partial charge in [0, 0.05) is 38.8 Å². The summed E-state index contributed by atoms with van der Waals surface area (Å²) in [4.78, 5) is 23.4. The van der Waals surface area contributed by atoms with Crippen LogP contribution in [0.1, 0.15) is 46.5 Å². The average Bonchev–Trinajstić information content (AvgIpc) is 2.64. The van der Waals surface area contributed by atoms with E-state index in [1.807, 2.05) is 20.8 Å². The minimum atomic E-state index is -3.82. The molecule has 0 aliphatic rings. The van der Waals surface area contributed by atoms with E-state index in [9.17, 15) is 18.0 Å². The van der Waals surface area contributed by atoms with Crippen molar-refractivity contribution in [3.63, 3.8) is 0 Å². The Balaban J connectivity index is 4.02. The van der Waals surface area contributed by atoms with Gasteiger partial charge in [0.15, 0.2) is 0 Å². The highest BCUT2D eigenvalue weighted by atomic mass is 32.2. The summed E-state index contributed by atoms with van der Waals surface area (Å²) < 4.78 is 48.3. The molecule has 12 heteroatoms. The Morgan fingerprint density at radius 3 is 2.03 bits per heavy atom. The van der Waals surface area contributed by atoms with Crippen molar-refractivity contribution in [1.29, 1.82) is 0 Å². The van der Waals surface area contributed by atoms with Gasteiger partial charge in [0.05, 0.1) is 12.9 Å². The maximum absolute atomic E-state index is 11.9. The van der Waals surface area contributed by atoms with Crippen molar-refractivity contribution in [3.8, 4) is 0 Å².